The maximum atomic E-state index is 11.4. The molecule has 0 bridgehead atoms. The SMILES string of the molecule is O=C(NO)C1CCc2ccc(OCc3ccccn3)cc2O1. The van der Waals surface area contributed by atoms with E-state index in [2.05, 4.69) is 4.98 Å². The maximum Gasteiger partial charge on any atom is 0.284 e. The van der Waals surface area contributed by atoms with E-state index in [0.29, 0.717) is 30.9 Å². The Morgan fingerprint density at radius 3 is 3.09 bits per heavy atom. The van der Waals surface area contributed by atoms with Crippen LogP contribution < -0.4 is 15.0 Å². The predicted molar refractivity (Wildman–Crippen MR) is 77.7 cm³/mol. The van der Waals surface area contributed by atoms with Crippen molar-refractivity contribution in [3.05, 3.63) is 53.9 Å². The van der Waals surface area contributed by atoms with Gasteiger partial charge in [0.05, 0.1) is 5.69 Å². The molecule has 2 heterocycles. The molecule has 0 fully saturated rings. The van der Waals surface area contributed by atoms with Crippen LogP contribution in [-0.4, -0.2) is 22.2 Å². The smallest absolute Gasteiger partial charge is 0.284 e. The zero-order chi connectivity index (χ0) is 15.4. The highest BCUT2D eigenvalue weighted by Crippen LogP contribution is 2.31. The Labute approximate surface area is 127 Å². The Hall–Kier alpha value is -2.60. The van der Waals surface area contributed by atoms with Crippen LogP contribution in [0.3, 0.4) is 0 Å². The minimum absolute atomic E-state index is 0.361. The molecule has 0 spiro atoms. The van der Waals surface area contributed by atoms with Gasteiger partial charge < -0.3 is 9.47 Å². The van der Waals surface area contributed by atoms with E-state index in [0.717, 1.165) is 11.3 Å². The van der Waals surface area contributed by atoms with Crippen molar-refractivity contribution in [2.45, 2.75) is 25.6 Å². The van der Waals surface area contributed by atoms with Gasteiger partial charge in [-0.1, -0.05) is 12.1 Å². The van der Waals surface area contributed by atoms with E-state index in [1.807, 2.05) is 30.3 Å². The van der Waals surface area contributed by atoms with Crippen LogP contribution >= 0.6 is 0 Å². The summed E-state index contributed by atoms with van der Waals surface area (Å²) in [5.74, 6) is 0.721. The molecule has 2 N–H and O–H groups in total. The molecule has 2 aromatic rings. The molecule has 1 aromatic heterocycles. The Kier molecular flexibility index (Phi) is 4.20. The Bertz CT molecular complexity index is 660. The van der Waals surface area contributed by atoms with Gasteiger partial charge >= 0.3 is 0 Å². The van der Waals surface area contributed by atoms with Gasteiger partial charge in [-0.05, 0) is 36.6 Å². The summed E-state index contributed by atoms with van der Waals surface area (Å²) in [4.78, 5) is 15.6. The monoisotopic (exact) mass is 300 g/mol. The number of hydroxylamine groups is 1. The van der Waals surface area contributed by atoms with Crippen LogP contribution in [0.15, 0.2) is 42.6 Å². The van der Waals surface area contributed by atoms with Crippen LogP contribution in [0.2, 0.25) is 0 Å². The van der Waals surface area contributed by atoms with Gasteiger partial charge in [-0.15, -0.1) is 0 Å². The van der Waals surface area contributed by atoms with Crippen molar-refractivity contribution in [1.82, 2.24) is 10.5 Å². The zero-order valence-electron chi connectivity index (χ0n) is 11.9. The third kappa shape index (κ3) is 3.17. The molecule has 0 saturated carbocycles. The van der Waals surface area contributed by atoms with E-state index in [1.54, 1.807) is 17.7 Å². The molecule has 6 nitrogen and oxygen atoms in total. The summed E-state index contributed by atoms with van der Waals surface area (Å²) in [5, 5.41) is 8.69. The highest BCUT2D eigenvalue weighted by Gasteiger charge is 2.26. The summed E-state index contributed by atoms with van der Waals surface area (Å²) in [6.45, 7) is 0.361. The van der Waals surface area contributed by atoms with Gasteiger partial charge in [0.15, 0.2) is 6.10 Å². The fraction of sp³-hybridized carbons (Fsp3) is 0.250. The summed E-state index contributed by atoms with van der Waals surface area (Å²) in [5.41, 5.74) is 3.48. The van der Waals surface area contributed by atoms with E-state index in [1.165, 1.54) is 0 Å². The molecule has 1 aliphatic rings. The van der Waals surface area contributed by atoms with E-state index in [9.17, 15) is 4.79 Å². The molecule has 1 unspecified atom stereocenters. The molecule has 22 heavy (non-hydrogen) atoms. The van der Waals surface area contributed by atoms with Crippen LogP contribution in [0.25, 0.3) is 0 Å². The van der Waals surface area contributed by atoms with Crippen LogP contribution in [0, 0.1) is 0 Å². The number of aromatic nitrogens is 1. The molecule has 0 saturated heterocycles. The van der Waals surface area contributed by atoms with Gasteiger partial charge in [-0.2, -0.15) is 0 Å². The summed E-state index contributed by atoms with van der Waals surface area (Å²) >= 11 is 0. The van der Waals surface area contributed by atoms with Crippen molar-refractivity contribution in [2.75, 3.05) is 0 Å². The number of carbonyl (C=O) groups excluding carboxylic acids is 1. The first-order chi connectivity index (χ1) is 10.8. The molecule has 1 aliphatic heterocycles. The number of rotatable bonds is 4. The van der Waals surface area contributed by atoms with Crippen molar-refractivity contribution in [2.24, 2.45) is 0 Å². The summed E-state index contributed by atoms with van der Waals surface area (Å²) in [6.07, 6.45) is 2.29. The van der Waals surface area contributed by atoms with E-state index < -0.39 is 12.0 Å². The average molecular weight is 300 g/mol. The van der Waals surface area contributed by atoms with Crippen LogP contribution in [0.5, 0.6) is 11.5 Å². The first-order valence-electron chi connectivity index (χ1n) is 7.02. The number of fused-ring (bicyclic) bond motifs is 1. The molecule has 0 radical (unpaired) electrons. The fourth-order valence-corrected chi connectivity index (χ4v) is 2.34. The third-order valence-corrected chi connectivity index (χ3v) is 3.50. The summed E-state index contributed by atoms with van der Waals surface area (Å²) in [6, 6.07) is 11.2. The second-order valence-electron chi connectivity index (χ2n) is 5.00. The van der Waals surface area contributed by atoms with E-state index in [-0.39, 0.29) is 0 Å². The summed E-state index contributed by atoms with van der Waals surface area (Å²) < 4.78 is 11.3. The lowest BCUT2D eigenvalue weighted by Crippen LogP contribution is -2.38. The van der Waals surface area contributed by atoms with Gasteiger partial charge in [0.1, 0.15) is 18.1 Å². The largest absolute Gasteiger partial charge is 0.487 e. The van der Waals surface area contributed by atoms with Crippen LogP contribution in [0.1, 0.15) is 17.7 Å². The lowest BCUT2D eigenvalue weighted by atomic mass is 10.0. The van der Waals surface area contributed by atoms with E-state index in [4.69, 9.17) is 14.7 Å². The van der Waals surface area contributed by atoms with Crippen molar-refractivity contribution < 1.29 is 19.5 Å². The third-order valence-electron chi connectivity index (χ3n) is 3.50. The van der Waals surface area contributed by atoms with Crippen molar-refractivity contribution in [1.29, 1.82) is 0 Å². The molecule has 0 aliphatic carbocycles. The molecular weight excluding hydrogens is 284 g/mol. The fourth-order valence-electron chi connectivity index (χ4n) is 2.34. The second-order valence-corrected chi connectivity index (χ2v) is 5.00. The topological polar surface area (TPSA) is 80.7 Å². The number of amides is 1. The van der Waals surface area contributed by atoms with Gasteiger partial charge in [0.2, 0.25) is 0 Å². The zero-order valence-corrected chi connectivity index (χ0v) is 11.9. The number of hydrogen-bond donors (Lipinski definition) is 2. The number of nitrogens with one attached hydrogen (secondary N) is 1. The van der Waals surface area contributed by atoms with Gasteiger partial charge in [-0.25, -0.2) is 5.48 Å². The van der Waals surface area contributed by atoms with Crippen LogP contribution in [-0.2, 0) is 17.8 Å². The standard InChI is InChI=1S/C16H16N2O4/c19-16(18-20)14-7-5-11-4-6-13(9-15(11)22-14)21-10-12-3-1-2-8-17-12/h1-4,6,8-9,14,20H,5,7,10H2,(H,18,19). The maximum absolute atomic E-state index is 11.4. The molecule has 1 amide bonds. The van der Waals surface area contributed by atoms with Crippen molar-refractivity contribution in [3.8, 4) is 11.5 Å². The second kappa shape index (κ2) is 6.44. The number of carbonyl (C=O) groups is 1. The highest BCUT2D eigenvalue weighted by molar-refractivity contribution is 5.80. The first-order valence-corrected chi connectivity index (χ1v) is 7.02. The number of nitrogens with zero attached hydrogens (tertiary/aromatic N) is 1. The van der Waals surface area contributed by atoms with Gasteiger partial charge in [-0.3, -0.25) is 15.0 Å². The lowest BCUT2D eigenvalue weighted by Gasteiger charge is -2.24. The molecular formula is C16H16N2O4. The highest BCUT2D eigenvalue weighted by atomic mass is 16.5. The van der Waals surface area contributed by atoms with E-state index >= 15 is 0 Å². The van der Waals surface area contributed by atoms with Gasteiger partial charge in [0, 0.05) is 12.3 Å². The first kappa shape index (κ1) is 14.3. The lowest BCUT2D eigenvalue weighted by molar-refractivity contribution is -0.137. The quantitative estimate of drug-likeness (QED) is 0.665. The molecule has 6 heteroatoms. The van der Waals surface area contributed by atoms with Crippen molar-refractivity contribution in [3.63, 3.8) is 0 Å². The number of hydrogen-bond acceptors (Lipinski definition) is 5. The predicted octanol–water partition coefficient (Wildman–Crippen LogP) is 1.86. The number of benzene rings is 1. The van der Waals surface area contributed by atoms with Gasteiger partial charge in [0.25, 0.3) is 5.91 Å². The Balaban J connectivity index is 1.69. The number of ether oxygens (including phenoxy) is 2. The molecule has 1 atom stereocenters. The Morgan fingerprint density at radius 2 is 2.32 bits per heavy atom. The molecule has 114 valence electrons. The minimum Gasteiger partial charge on any atom is -0.487 e. The normalized spacial score (nSPS) is 16.3. The number of pyridine rings is 1. The van der Waals surface area contributed by atoms with Crippen molar-refractivity contribution >= 4 is 5.91 Å². The van der Waals surface area contributed by atoms with Crippen LogP contribution in [0.4, 0.5) is 0 Å². The Morgan fingerprint density at radius 1 is 1.41 bits per heavy atom. The molecule has 1 aromatic carbocycles. The molecule has 3 rings (SSSR count). The minimum atomic E-state index is -0.677. The number of aryl methyl sites for hydroxylation is 1. The summed E-state index contributed by atoms with van der Waals surface area (Å²) in [7, 11) is 0. The average Bonchev–Trinajstić information content (AvgIpc) is 2.59.